The van der Waals surface area contributed by atoms with Crippen LogP contribution >= 0.6 is 0 Å². The van der Waals surface area contributed by atoms with E-state index in [0.29, 0.717) is 31.8 Å². The fourth-order valence-corrected chi connectivity index (χ4v) is 1.77. The van der Waals surface area contributed by atoms with Crippen LogP contribution < -0.4 is 15.4 Å². The van der Waals surface area contributed by atoms with Gasteiger partial charge in [-0.25, -0.2) is 4.39 Å². The lowest BCUT2D eigenvalue weighted by Crippen LogP contribution is -2.36. The fraction of sp³-hybridized carbons (Fsp3) is 0.533. The number of carbonyl (C=O) groups excluding carboxylic acids is 1. The Hall–Kier alpha value is -1.66. The summed E-state index contributed by atoms with van der Waals surface area (Å²) in [6.45, 7) is 5.59. The highest BCUT2D eigenvalue weighted by Crippen LogP contribution is 2.23. The van der Waals surface area contributed by atoms with Crippen LogP contribution in [0.4, 0.5) is 4.39 Å². The molecular weight excluding hydrogens is 275 g/mol. The Bertz CT molecular complexity index is 455. The van der Waals surface area contributed by atoms with Gasteiger partial charge in [0.15, 0.2) is 17.7 Å². The molecule has 118 valence electrons. The Morgan fingerprint density at radius 2 is 2.19 bits per heavy atom. The molecule has 0 radical (unpaired) electrons. The second-order valence-electron chi connectivity index (χ2n) is 4.55. The highest BCUT2D eigenvalue weighted by Gasteiger charge is 2.18. The maximum Gasteiger partial charge on any atom is 0.260 e. The zero-order chi connectivity index (χ0) is 15.7. The van der Waals surface area contributed by atoms with E-state index in [1.807, 2.05) is 6.92 Å². The third-order valence-corrected chi connectivity index (χ3v) is 2.86. The molecule has 0 aliphatic rings. The lowest BCUT2D eigenvalue weighted by Gasteiger charge is -2.17. The van der Waals surface area contributed by atoms with E-state index < -0.39 is 11.9 Å². The number of benzene rings is 1. The number of para-hydroxylation sites is 1. The standard InChI is InChI=1S/C15H23FN2O3/c1-4-18-15(19)11(2)21-14-12(6-5-7-13(14)16)10-17-8-9-20-3/h5-7,11,17H,4,8-10H2,1-3H3,(H,18,19). The normalized spacial score (nSPS) is 12.0. The van der Waals surface area contributed by atoms with E-state index in [0.717, 1.165) is 0 Å². The SMILES string of the molecule is CCNC(=O)C(C)Oc1c(F)cccc1CNCCOC. The van der Waals surface area contributed by atoms with E-state index in [1.165, 1.54) is 6.07 Å². The summed E-state index contributed by atoms with van der Waals surface area (Å²) in [5, 5.41) is 5.77. The minimum Gasteiger partial charge on any atom is -0.477 e. The quantitative estimate of drug-likeness (QED) is 0.678. The van der Waals surface area contributed by atoms with Crippen molar-refractivity contribution in [2.24, 2.45) is 0 Å². The van der Waals surface area contributed by atoms with Crippen molar-refractivity contribution in [1.82, 2.24) is 10.6 Å². The lowest BCUT2D eigenvalue weighted by molar-refractivity contribution is -0.127. The average Bonchev–Trinajstić information content (AvgIpc) is 2.46. The van der Waals surface area contributed by atoms with Gasteiger partial charge in [0.1, 0.15) is 0 Å². The van der Waals surface area contributed by atoms with Gasteiger partial charge in [-0.2, -0.15) is 0 Å². The van der Waals surface area contributed by atoms with Crippen LogP contribution in [0.25, 0.3) is 0 Å². The van der Waals surface area contributed by atoms with Crippen molar-refractivity contribution in [2.75, 3.05) is 26.8 Å². The Kier molecular flexibility index (Phi) is 7.71. The average molecular weight is 298 g/mol. The molecule has 0 saturated carbocycles. The molecule has 1 unspecified atom stereocenters. The molecule has 0 aliphatic carbocycles. The lowest BCUT2D eigenvalue weighted by atomic mass is 10.2. The molecule has 1 amide bonds. The summed E-state index contributed by atoms with van der Waals surface area (Å²) in [7, 11) is 1.62. The molecule has 0 spiro atoms. The van der Waals surface area contributed by atoms with Gasteiger partial charge >= 0.3 is 0 Å². The van der Waals surface area contributed by atoms with Crippen molar-refractivity contribution < 1.29 is 18.7 Å². The number of hydrogen-bond donors (Lipinski definition) is 2. The molecule has 0 aromatic heterocycles. The third-order valence-electron chi connectivity index (χ3n) is 2.86. The molecule has 1 atom stereocenters. The van der Waals surface area contributed by atoms with Crippen molar-refractivity contribution >= 4 is 5.91 Å². The van der Waals surface area contributed by atoms with Gasteiger partial charge in [-0.05, 0) is 19.9 Å². The van der Waals surface area contributed by atoms with Gasteiger partial charge in [0.05, 0.1) is 6.61 Å². The first-order valence-corrected chi connectivity index (χ1v) is 7.01. The monoisotopic (exact) mass is 298 g/mol. The van der Waals surface area contributed by atoms with Crippen LogP contribution in [0.1, 0.15) is 19.4 Å². The van der Waals surface area contributed by atoms with Crippen LogP contribution in [0.5, 0.6) is 5.75 Å². The first kappa shape index (κ1) is 17.4. The summed E-state index contributed by atoms with van der Waals surface area (Å²) in [4.78, 5) is 11.7. The van der Waals surface area contributed by atoms with Crippen LogP contribution in [0.15, 0.2) is 18.2 Å². The number of amides is 1. The topological polar surface area (TPSA) is 59.6 Å². The zero-order valence-corrected chi connectivity index (χ0v) is 12.7. The van der Waals surface area contributed by atoms with E-state index in [2.05, 4.69) is 10.6 Å². The largest absolute Gasteiger partial charge is 0.477 e. The maximum absolute atomic E-state index is 13.9. The van der Waals surface area contributed by atoms with Crippen LogP contribution in [0, 0.1) is 5.82 Å². The summed E-state index contributed by atoms with van der Waals surface area (Å²) < 4.78 is 24.4. The Balaban J connectivity index is 2.73. The predicted molar refractivity (Wildman–Crippen MR) is 78.8 cm³/mol. The Labute approximate surface area is 124 Å². The second kappa shape index (κ2) is 9.31. The van der Waals surface area contributed by atoms with Crippen LogP contribution in [-0.2, 0) is 16.1 Å². The van der Waals surface area contributed by atoms with Crippen molar-refractivity contribution in [3.63, 3.8) is 0 Å². The summed E-state index contributed by atoms with van der Waals surface area (Å²) in [5.41, 5.74) is 0.669. The number of carbonyl (C=O) groups is 1. The van der Waals surface area contributed by atoms with Crippen LogP contribution in [0.3, 0.4) is 0 Å². The zero-order valence-electron chi connectivity index (χ0n) is 12.7. The molecule has 1 aromatic carbocycles. The maximum atomic E-state index is 13.9. The third kappa shape index (κ3) is 5.69. The van der Waals surface area contributed by atoms with E-state index in [4.69, 9.17) is 9.47 Å². The molecule has 21 heavy (non-hydrogen) atoms. The molecule has 0 saturated heterocycles. The number of methoxy groups -OCH3 is 1. The van der Waals surface area contributed by atoms with Crippen molar-refractivity contribution in [1.29, 1.82) is 0 Å². The van der Waals surface area contributed by atoms with Gasteiger partial charge in [-0.15, -0.1) is 0 Å². The number of nitrogens with one attached hydrogen (secondary N) is 2. The van der Waals surface area contributed by atoms with Gasteiger partial charge in [0.25, 0.3) is 5.91 Å². The molecule has 6 heteroatoms. The fourth-order valence-electron chi connectivity index (χ4n) is 1.77. The molecular formula is C15H23FN2O3. The first-order valence-electron chi connectivity index (χ1n) is 7.01. The van der Waals surface area contributed by atoms with Crippen molar-refractivity contribution in [3.05, 3.63) is 29.6 Å². The molecule has 1 rings (SSSR count). The molecule has 0 fully saturated rings. The van der Waals surface area contributed by atoms with Crippen molar-refractivity contribution in [2.45, 2.75) is 26.5 Å². The minimum absolute atomic E-state index is 0.112. The van der Waals surface area contributed by atoms with Crippen LogP contribution in [0.2, 0.25) is 0 Å². The van der Waals surface area contributed by atoms with E-state index >= 15 is 0 Å². The smallest absolute Gasteiger partial charge is 0.260 e. The number of hydrogen-bond acceptors (Lipinski definition) is 4. The van der Waals surface area contributed by atoms with E-state index in [1.54, 1.807) is 26.2 Å². The highest BCUT2D eigenvalue weighted by molar-refractivity contribution is 5.80. The number of likely N-dealkylation sites (N-methyl/N-ethyl adjacent to an activating group) is 1. The van der Waals surface area contributed by atoms with Gasteiger partial charge in [0, 0.05) is 32.3 Å². The molecule has 5 nitrogen and oxygen atoms in total. The number of rotatable bonds is 9. The number of halogens is 1. The molecule has 1 aromatic rings. The predicted octanol–water partition coefficient (Wildman–Crippen LogP) is 1.47. The summed E-state index contributed by atoms with van der Waals surface area (Å²) in [5.74, 6) is -0.627. The Morgan fingerprint density at radius 3 is 2.86 bits per heavy atom. The van der Waals surface area contributed by atoms with E-state index in [-0.39, 0.29) is 11.7 Å². The molecule has 2 N–H and O–H groups in total. The van der Waals surface area contributed by atoms with Gasteiger partial charge in [-0.1, -0.05) is 12.1 Å². The van der Waals surface area contributed by atoms with Gasteiger partial charge < -0.3 is 20.1 Å². The van der Waals surface area contributed by atoms with Gasteiger partial charge in [0.2, 0.25) is 0 Å². The van der Waals surface area contributed by atoms with Gasteiger partial charge in [-0.3, -0.25) is 4.79 Å². The molecule has 0 heterocycles. The second-order valence-corrected chi connectivity index (χ2v) is 4.55. The molecule has 0 aliphatic heterocycles. The molecule has 0 bridgehead atoms. The summed E-state index contributed by atoms with van der Waals surface area (Å²) in [6.07, 6.45) is -0.750. The Morgan fingerprint density at radius 1 is 1.43 bits per heavy atom. The van der Waals surface area contributed by atoms with Crippen molar-refractivity contribution in [3.8, 4) is 5.75 Å². The summed E-state index contributed by atoms with van der Waals surface area (Å²) >= 11 is 0. The number of ether oxygens (including phenoxy) is 2. The minimum atomic E-state index is -0.750. The highest BCUT2D eigenvalue weighted by atomic mass is 19.1. The van der Waals surface area contributed by atoms with E-state index in [9.17, 15) is 9.18 Å². The summed E-state index contributed by atoms with van der Waals surface area (Å²) in [6, 6.07) is 4.70. The first-order chi connectivity index (χ1) is 10.1. The van der Waals surface area contributed by atoms with Crippen LogP contribution in [-0.4, -0.2) is 38.8 Å².